The number of fused-ring (bicyclic) bond motifs is 9. The first-order valence-corrected chi connectivity index (χ1v) is 12.4. The van der Waals surface area contributed by atoms with E-state index >= 15 is 0 Å². The maximum Gasteiger partial charge on any atom is 0.407 e. The molecule has 8 heteroatoms. The van der Waals surface area contributed by atoms with Crippen LogP contribution in [0.3, 0.4) is 0 Å². The first-order chi connectivity index (χ1) is 17.6. The molecule has 0 saturated carbocycles. The fraction of sp³-hybridized carbons (Fsp3) is 0.250. The monoisotopic (exact) mass is 480 g/mol. The van der Waals surface area contributed by atoms with Crippen LogP contribution in [0.1, 0.15) is 40.5 Å². The molecule has 0 spiro atoms. The van der Waals surface area contributed by atoms with Crippen molar-refractivity contribution in [1.29, 1.82) is 0 Å². The summed E-state index contributed by atoms with van der Waals surface area (Å²) in [5.74, 6) is -0.724. The third kappa shape index (κ3) is 2.72. The van der Waals surface area contributed by atoms with Gasteiger partial charge in [-0.15, -0.1) is 0 Å². The van der Waals surface area contributed by atoms with Gasteiger partial charge in [-0.25, -0.2) is 4.79 Å². The highest BCUT2D eigenvalue weighted by Gasteiger charge is 2.37. The quantitative estimate of drug-likeness (QED) is 0.366. The van der Waals surface area contributed by atoms with Gasteiger partial charge in [0.1, 0.15) is 6.10 Å². The predicted molar refractivity (Wildman–Crippen MR) is 137 cm³/mol. The Morgan fingerprint density at radius 3 is 2.17 bits per heavy atom. The van der Waals surface area contributed by atoms with Crippen LogP contribution in [0.5, 0.6) is 0 Å². The fourth-order valence-corrected chi connectivity index (χ4v) is 6.04. The number of para-hydroxylation sites is 2. The van der Waals surface area contributed by atoms with E-state index in [2.05, 4.69) is 19.8 Å². The fourth-order valence-electron chi connectivity index (χ4n) is 6.04. The van der Waals surface area contributed by atoms with Gasteiger partial charge in [0.2, 0.25) is 0 Å². The molecule has 1 unspecified atom stereocenters. The van der Waals surface area contributed by atoms with Gasteiger partial charge in [0, 0.05) is 52.1 Å². The number of alkyl carbamates (subject to hydrolysis) is 1. The Morgan fingerprint density at radius 2 is 1.53 bits per heavy atom. The molecule has 7 rings (SSSR count). The standard InChI is InChI=1S/C28H24N4O4/c1-2-12-29-28(35)36-15-11-13-31-18-9-5-3-7-16(18)20-22-23(27(34)30-26(22)33)21-17-8-4-6-10-19(17)32(14-15)25(21)24(20)31/h3-10,15H,2,11-14H2,1H3,(H,29,35)(H,30,33,34). The zero-order chi connectivity index (χ0) is 24.6. The number of carbonyl (C=O) groups excluding carboxylic acids is 3. The van der Waals surface area contributed by atoms with Crippen molar-refractivity contribution in [3.05, 3.63) is 59.7 Å². The van der Waals surface area contributed by atoms with Crippen LogP contribution in [0.15, 0.2) is 48.5 Å². The molecule has 180 valence electrons. The summed E-state index contributed by atoms with van der Waals surface area (Å²) in [7, 11) is 0. The third-order valence-electron chi connectivity index (χ3n) is 7.45. The molecule has 0 bridgehead atoms. The summed E-state index contributed by atoms with van der Waals surface area (Å²) in [5, 5.41) is 8.78. The molecule has 3 amide bonds. The summed E-state index contributed by atoms with van der Waals surface area (Å²) in [4.78, 5) is 38.8. The molecule has 5 aromatic rings. The van der Waals surface area contributed by atoms with Crippen LogP contribution in [0.25, 0.3) is 43.6 Å². The maximum atomic E-state index is 13.2. The number of hydrogen-bond donors (Lipinski definition) is 2. The van der Waals surface area contributed by atoms with Gasteiger partial charge in [0.15, 0.2) is 0 Å². The van der Waals surface area contributed by atoms with E-state index in [0.29, 0.717) is 37.2 Å². The normalized spacial score (nSPS) is 17.1. The van der Waals surface area contributed by atoms with Crippen LogP contribution in [0.2, 0.25) is 0 Å². The summed E-state index contributed by atoms with van der Waals surface area (Å²) in [5.41, 5.74) is 4.65. The lowest BCUT2D eigenvalue weighted by molar-refractivity contribution is 0.0808. The van der Waals surface area contributed by atoms with Gasteiger partial charge in [-0.3, -0.25) is 14.9 Å². The van der Waals surface area contributed by atoms with Crippen molar-refractivity contribution in [2.24, 2.45) is 0 Å². The van der Waals surface area contributed by atoms with Gasteiger partial charge in [0.05, 0.1) is 28.7 Å². The van der Waals surface area contributed by atoms with Crippen molar-refractivity contribution < 1.29 is 19.1 Å². The zero-order valence-electron chi connectivity index (χ0n) is 19.8. The molecule has 4 heterocycles. The topological polar surface area (TPSA) is 94.4 Å². The van der Waals surface area contributed by atoms with Crippen LogP contribution >= 0.6 is 0 Å². The number of carbonyl (C=O) groups is 3. The second-order valence-corrected chi connectivity index (χ2v) is 9.52. The molecule has 36 heavy (non-hydrogen) atoms. The van der Waals surface area contributed by atoms with Crippen molar-refractivity contribution in [3.63, 3.8) is 0 Å². The van der Waals surface area contributed by atoms with Crippen molar-refractivity contribution in [2.75, 3.05) is 6.54 Å². The molecular formula is C28H24N4O4. The first kappa shape index (κ1) is 21.0. The van der Waals surface area contributed by atoms with E-state index in [4.69, 9.17) is 4.74 Å². The SMILES string of the molecule is CCCNC(=O)OC1CCn2c3ccccc3c3c4c(c5c6ccccc6n(c5c32)C1)C(=O)NC4=O. The molecule has 2 aliphatic heterocycles. The number of aromatic nitrogens is 2. The average Bonchev–Trinajstić information content (AvgIpc) is 3.47. The van der Waals surface area contributed by atoms with Gasteiger partial charge >= 0.3 is 6.09 Å². The Labute approximate surface area is 205 Å². The van der Waals surface area contributed by atoms with Crippen molar-refractivity contribution in [1.82, 2.24) is 19.8 Å². The van der Waals surface area contributed by atoms with E-state index in [-0.39, 0.29) is 17.9 Å². The number of amides is 3. The number of ether oxygens (including phenoxy) is 1. The number of rotatable bonds is 3. The lowest BCUT2D eigenvalue weighted by Crippen LogP contribution is -2.33. The molecule has 0 radical (unpaired) electrons. The summed E-state index contributed by atoms with van der Waals surface area (Å²) in [6.07, 6.45) is 0.656. The lowest BCUT2D eigenvalue weighted by atomic mass is 9.96. The second kappa shape index (κ2) is 7.58. The predicted octanol–water partition coefficient (Wildman–Crippen LogP) is 4.69. The molecule has 8 nitrogen and oxygen atoms in total. The molecule has 2 aliphatic rings. The highest BCUT2D eigenvalue weighted by Crippen LogP contribution is 2.45. The van der Waals surface area contributed by atoms with Crippen LogP contribution in [0.4, 0.5) is 4.79 Å². The Morgan fingerprint density at radius 1 is 0.944 bits per heavy atom. The minimum absolute atomic E-state index is 0.354. The number of nitrogens with zero attached hydrogens (tertiary/aromatic N) is 2. The number of hydrogen-bond acceptors (Lipinski definition) is 4. The van der Waals surface area contributed by atoms with E-state index in [1.807, 2.05) is 55.5 Å². The third-order valence-corrected chi connectivity index (χ3v) is 7.45. The summed E-state index contributed by atoms with van der Waals surface area (Å²) in [6.45, 7) is 3.62. The highest BCUT2D eigenvalue weighted by molar-refractivity contribution is 6.39. The Kier molecular flexibility index (Phi) is 4.42. The van der Waals surface area contributed by atoms with E-state index in [1.54, 1.807) is 0 Å². The van der Waals surface area contributed by atoms with Gasteiger partial charge < -0.3 is 19.2 Å². The second-order valence-electron chi connectivity index (χ2n) is 9.52. The average molecular weight is 481 g/mol. The molecule has 2 aromatic heterocycles. The van der Waals surface area contributed by atoms with Crippen molar-refractivity contribution in [2.45, 2.75) is 39.0 Å². The summed E-state index contributed by atoms with van der Waals surface area (Å²) < 4.78 is 10.3. The van der Waals surface area contributed by atoms with Gasteiger partial charge in [-0.1, -0.05) is 43.3 Å². The number of aryl methyl sites for hydroxylation is 1. The Bertz CT molecular complexity index is 1780. The van der Waals surface area contributed by atoms with E-state index < -0.39 is 6.09 Å². The van der Waals surface area contributed by atoms with Crippen LogP contribution in [0, 0.1) is 0 Å². The maximum absolute atomic E-state index is 13.2. The van der Waals surface area contributed by atoms with Gasteiger partial charge in [-0.05, 0) is 18.6 Å². The first-order valence-electron chi connectivity index (χ1n) is 12.4. The number of imide groups is 1. The van der Waals surface area contributed by atoms with Crippen molar-refractivity contribution >= 4 is 61.5 Å². The smallest absolute Gasteiger partial charge is 0.407 e. The molecular weight excluding hydrogens is 456 g/mol. The highest BCUT2D eigenvalue weighted by atomic mass is 16.6. The molecule has 2 N–H and O–H groups in total. The lowest BCUT2D eigenvalue weighted by Gasteiger charge is -2.24. The van der Waals surface area contributed by atoms with E-state index in [0.717, 1.165) is 50.0 Å². The van der Waals surface area contributed by atoms with Gasteiger partial charge in [-0.2, -0.15) is 0 Å². The zero-order valence-corrected chi connectivity index (χ0v) is 19.8. The summed E-state index contributed by atoms with van der Waals surface area (Å²) >= 11 is 0. The van der Waals surface area contributed by atoms with E-state index in [9.17, 15) is 14.4 Å². The minimum atomic E-state index is -0.420. The van der Waals surface area contributed by atoms with Crippen molar-refractivity contribution in [3.8, 4) is 0 Å². The molecule has 3 aromatic carbocycles. The van der Waals surface area contributed by atoms with Crippen LogP contribution < -0.4 is 10.6 Å². The molecule has 1 atom stereocenters. The number of benzene rings is 3. The molecule has 0 saturated heterocycles. The minimum Gasteiger partial charge on any atom is -0.444 e. The van der Waals surface area contributed by atoms with Crippen LogP contribution in [-0.2, 0) is 17.8 Å². The largest absolute Gasteiger partial charge is 0.444 e. The molecule has 0 fully saturated rings. The summed E-state index contributed by atoms with van der Waals surface area (Å²) in [6, 6.07) is 15.9. The Balaban J connectivity index is 1.61. The Hall–Kier alpha value is -4.33. The van der Waals surface area contributed by atoms with Gasteiger partial charge in [0.25, 0.3) is 11.8 Å². The van der Waals surface area contributed by atoms with Crippen LogP contribution in [-0.4, -0.2) is 39.7 Å². The van der Waals surface area contributed by atoms with E-state index in [1.165, 1.54) is 0 Å². The molecule has 0 aliphatic carbocycles. The number of nitrogens with one attached hydrogen (secondary N) is 2.